The van der Waals surface area contributed by atoms with Crippen LogP contribution in [0.4, 0.5) is 0 Å². The molecule has 1 aliphatic carbocycles. The molecule has 30 heavy (non-hydrogen) atoms. The minimum Gasteiger partial charge on any atom is -0.491 e. The first kappa shape index (κ1) is 20.4. The fourth-order valence-corrected chi connectivity index (χ4v) is 4.14. The average molecular weight is 410 g/mol. The Kier molecular flexibility index (Phi) is 5.49. The molecule has 7 heteroatoms. The predicted octanol–water partition coefficient (Wildman–Crippen LogP) is 1.48. The molecule has 2 aliphatic rings. The number of carbonyl (C=O) groups excluding carboxylic acids is 2. The first-order valence-corrected chi connectivity index (χ1v) is 10.0. The SMILES string of the molecule is CNC(=O)c1cc(C(=O)N[C@@H]2C[C@H]2COC)cc2c1OC[C@]2(CO)c1ccccc1. The Labute approximate surface area is 175 Å². The third-order valence-electron chi connectivity index (χ3n) is 6.02. The normalized spacial score (nSPS) is 24.0. The molecule has 3 N–H and O–H groups in total. The lowest BCUT2D eigenvalue weighted by atomic mass is 9.76. The number of amides is 2. The molecule has 0 saturated heterocycles. The van der Waals surface area contributed by atoms with Crippen molar-refractivity contribution in [2.75, 3.05) is 34.0 Å². The zero-order valence-corrected chi connectivity index (χ0v) is 17.1. The van der Waals surface area contributed by atoms with Gasteiger partial charge in [0.25, 0.3) is 11.8 Å². The highest BCUT2D eigenvalue weighted by Crippen LogP contribution is 2.45. The van der Waals surface area contributed by atoms with E-state index in [9.17, 15) is 14.7 Å². The van der Waals surface area contributed by atoms with Gasteiger partial charge in [-0.25, -0.2) is 0 Å². The van der Waals surface area contributed by atoms with Gasteiger partial charge in [-0.05, 0) is 24.1 Å². The summed E-state index contributed by atoms with van der Waals surface area (Å²) in [6.07, 6.45) is 0.876. The number of hydrogen-bond donors (Lipinski definition) is 3. The third-order valence-corrected chi connectivity index (χ3v) is 6.02. The van der Waals surface area contributed by atoms with E-state index in [0.717, 1.165) is 12.0 Å². The molecule has 2 amide bonds. The van der Waals surface area contributed by atoms with Crippen LogP contribution in [-0.2, 0) is 10.2 Å². The fraction of sp³-hybridized carbons (Fsp3) is 0.391. The second kappa shape index (κ2) is 8.08. The molecular weight excluding hydrogens is 384 g/mol. The van der Waals surface area contributed by atoms with Crippen molar-refractivity contribution in [3.8, 4) is 5.75 Å². The molecule has 1 heterocycles. The van der Waals surface area contributed by atoms with Crippen molar-refractivity contribution < 1.29 is 24.2 Å². The van der Waals surface area contributed by atoms with Crippen molar-refractivity contribution in [1.29, 1.82) is 0 Å². The van der Waals surface area contributed by atoms with Gasteiger partial charge in [0, 0.05) is 37.2 Å². The van der Waals surface area contributed by atoms with Gasteiger partial charge in [-0.2, -0.15) is 0 Å². The molecule has 1 aliphatic heterocycles. The summed E-state index contributed by atoms with van der Waals surface area (Å²) in [4.78, 5) is 25.5. The number of benzene rings is 2. The monoisotopic (exact) mass is 410 g/mol. The molecule has 0 radical (unpaired) electrons. The predicted molar refractivity (Wildman–Crippen MR) is 111 cm³/mol. The standard InChI is InChI=1S/C23H26N2O5/c1-24-22(28)17-8-14(21(27)25-19-10-15(19)11-29-2)9-18-20(17)30-13-23(18,12-26)16-6-4-3-5-7-16/h3-9,15,19,26H,10-13H2,1-2H3,(H,24,28)(H,25,27)/t15-,19+,23+/m0/s1. The van der Waals surface area contributed by atoms with Crippen LogP contribution in [-0.4, -0.2) is 56.9 Å². The topological polar surface area (TPSA) is 96.9 Å². The summed E-state index contributed by atoms with van der Waals surface area (Å²) < 4.78 is 11.1. The van der Waals surface area contributed by atoms with Crippen LogP contribution in [0.15, 0.2) is 42.5 Å². The molecule has 3 atom stereocenters. The smallest absolute Gasteiger partial charge is 0.254 e. The van der Waals surface area contributed by atoms with Gasteiger partial charge in [-0.15, -0.1) is 0 Å². The van der Waals surface area contributed by atoms with Crippen molar-refractivity contribution in [1.82, 2.24) is 10.6 Å². The number of fused-ring (bicyclic) bond motifs is 1. The number of carbonyl (C=O) groups is 2. The number of ether oxygens (including phenoxy) is 2. The quantitative estimate of drug-likeness (QED) is 0.643. The van der Waals surface area contributed by atoms with Gasteiger partial charge in [0.15, 0.2) is 0 Å². The zero-order chi connectivity index (χ0) is 21.3. The van der Waals surface area contributed by atoms with E-state index in [4.69, 9.17) is 9.47 Å². The summed E-state index contributed by atoms with van der Waals surface area (Å²) in [5, 5.41) is 16.0. The van der Waals surface area contributed by atoms with Gasteiger partial charge in [0.1, 0.15) is 12.4 Å². The van der Waals surface area contributed by atoms with Crippen LogP contribution in [0.25, 0.3) is 0 Å². The maximum absolute atomic E-state index is 13.0. The highest BCUT2D eigenvalue weighted by atomic mass is 16.5. The van der Waals surface area contributed by atoms with E-state index in [2.05, 4.69) is 10.6 Å². The summed E-state index contributed by atoms with van der Waals surface area (Å²) in [5.74, 6) is 0.133. The minimum atomic E-state index is -0.839. The van der Waals surface area contributed by atoms with E-state index in [-0.39, 0.29) is 36.6 Å². The van der Waals surface area contributed by atoms with E-state index in [1.165, 1.54) is 7.05 Å². The van der Waals surface area contributed by atoms with Crippen molar-refractivity contribution in [3.05, 3.63) is 64.7 Å². The minimum absolute atomic E-state index is 0.0714. The molecule has 7 nitrogen and oxygen atoms in total. The lowest BCUT2D eigenvalue weighted by molar-refractivity contribution is 0.0945. The molecule has 1 saturated carbocycles. The Morgan fingerprint density at radius 3 is 2.67 bits per heavy atom. The van der Waals surface area contributed by atoms with Crippen molar-refractivity contribution >= 4 is 11.8 Å². The molecule has 2 aromatic carbocycles. The van der Waals surface area contributed by atoms with Crippen LogP contribution >= 0.6 is 0 Å². The van der Waals surface area contributed by atoms with Crippen molar-refractivity contribution in [3.63, 3.8) is 0 Å². The third kappa shape index (κ3) is 3.44. The molecule has 0 unspecified atom stereocenters. The van der Waals surface area contributed by atoms with Crippen LogP contribution < -0.4 is 15.4 Å². The summed E-state index contributed by atoms with van der Waals surface area (Å²) in [6.45, 7) is 0.589. The van der Waals surface area contributed by atoms with Gasteiger partial charge in [0.05, 0.1) is 24.2 Å². The van der Waals surface area contributed by atoms with Crippen LogP contribution in [0.1, 0.15) is 38.3 Å². The second-order valence-corrected chi connectivity index (χ2v) is 7.91. The summed E-state index contributed by atoms with van der Waals surface area (Å²) in [5.41, 5.74) is 1.33. The van der Waals surface area contributed by atoms with Gasteiger partial charge in [-0.1, -0.05) is 30.3 Å². The number of hydrogen-bond acceptors (Lipinski definition) is 5. The molecule has 158 valence electrons. The lowest BCUT2D eigenvalue weighted by Gasteiger charge is -2.26. The van der Waals surface area contributed by atoms with Gasteiger partial charge in [-0.3, -0.25) is 9.59 Å². The van der Waals surface area contributed by atoms with Gasteiger partial charge in [0.2, 0.25) is 0 Å². The Morgan fingerprint density at radius 1 is 1.23 bits per heavy atom. The van der Waals surface area contributed by atoms with Crippen molar-refractivity contribution in [2.24, 2.45) is 5.92 Å². The van der Waals surface area contributed by atoms with E-state index in [0.29, 0.717) is 29.4 Å². The molecule has 0 spiro atoms. The average Bonchev–Trinajstić information content (AvgIpc) is 3.39. The lowest BCUT2D eigenvalue weighted by Crippen LogP contribution is -2.34. The van der Waals surface area contributed by atoms with Crippen LogP contribution in [0.2, 0.25) is 0 Å². The Bertz CT molecular complexity index is 962. The molecular formula is C23H26N2O5. The molecule has 0 bridgehead atoms. The Hall–Kier alpha value is -2.90. The molecule has 1 fully saturated rings. The van der Waals surface area contributed by atoms with Crippen LogP contribution in [0, 0.1) is 5.92 Å². The fourth-order valence-electron chi connectivity index (χ4n) is 4.14. The summed E-state index contributed by atoms with van der Waals surface area (Å²) in [6, 6.07) is 12.9. The van der Waals surface area contributed by atoms with Crippen LogP contribution in [0.3, 0.4) is 0 Å². The van der Waals surface area contributed by atoms with Crippen molar-refractivity contribution in [2.45, 2.75) is 17.9 Å². The first-order valence-electron chi connectivity index (χ1n) is 10.0. The number of aliphatic hydroxyl groups excluding tert-OH is 1. The summed E-state index contributed by atoms with van der Waals surface area (Å²) >= 11 is 0. The highest BCUT2D eigenvalue weighted by Gasteiger charge is 2.45. The summed E-state index contributed by atoms with van der Waals surface area (Å²) in [7, 11) is 3.18. The maximum atomic E-state index is 13.0. The highest BCUT2D eigenvalue weighted by molar-refractivity contribution is 6.02. The largest absolute Gasteiger partial charge is 0.491 e. The van der Waals surface area contributed by atoms with Gasteiger partial charge >= 0.3 is 0 Å². The Morgan fingerprint density at radius 2 is 2.00 bits per heavy atom. The number of nitrogens with one attached hydrogen (secondary N) is 2. The van der Waals surface area contributed by atoms with E-state index < -0.39 is 5.41 Å². The molecule has 0 aromatic heterocycles. The van der Waals surface area contributed by atoms with Crippen LogP contribution in [0.5, 0.6) is 5.75 Å². The molecule has 4 rings (SSSR count). The maximum Gasteiger partial charge on any atom is 0.254 e. The van der Waals surface area contributed by atoms with E-state index >= 15 is 0 Å². The zero-order valence-electron chi connectivity index (χ0n) is 17.1. The second-order valence-electron chi connectivity index (χ2n) is 7.91. The first-order chi connectivity index (χ1) is 14.5. The van der Waals surface area contributed by atoms with E-state index in [1.54, 1.807) is 19.2 Å². The molecule has 2 aromatic rings. The van der Waals surface area contributed by atoms with Gasteiger partial charge < -0.3 is 25.2 Å². The van der Waals surface area contributed by atoms with E-state index in [1.807, 2.05) is 30.3 Å². The number of rotatable bonds is 7. The number of aliphatic hydroxyl groups is 1. The Balaban J connectivity index is 1.75. The number of methoxy groups -OCH3 is 1.